The molecule has 6 heteroatoms. The van der Waals surface area contributed by atoms with Crippen molar-refractivity contribution in [2.75, 3.05) is 20.1 Å². The molecule has 0 spiro atoms. The molecule has 0 aromatic heterocycles. The van der Waals surface area contributed by atoms with Crippen LogP contribution in [0.4, 0.5) is 0 Å². The topological polar surface area (TPSA) is 61.4 Å². The molecule has 124 valence electrons. The zero-order chi connectivity index (χ0) is 16.4. The van der Waals surface area contributed by atoms with Gasteiger partial charge >= 0.3 is 0 Å². The highest BCUT2D eigenvalue weighted by Crippen LogP contribution is 2.38. The number of nitrogens with zero attached hydrogens (tertiary/aromatic N) is 1. The molecule has 2 fully saturated rings. The number of piperidine rings is 1. The molecule has 2 amide bonds. The lowest BCUT2D eigenvalue weighted by Crippen LogP contribution is -2.45. The Morgan fingerprint density at radius 1 is 1.35 bits per heavy atom. The highest BCUT2D eigenvalue weighted by atomic mass is 35.5. The van der Waals surface area contributed by atoms with E-state index in [4.69, 9.17) is 11.6 Å². The van der Waals surface area contributed by atoms with Crippen LogP contribution in [0.15, 0.2) is 24.3 Å². The van der Waals surface area contributed by atoms with Crippen LogP contribution in [0.1, 0.15) is 30.9 Å². The average Bonchev–Trinajstić information content (AvgIpc) is 2.84. The van der Waals surface area contributed by atoms with Crippen LogP contribution >= 0.6 is 11.6 Å². The molecule has 3 rings (SSSR count). The van der Waals surface area contributed by atoms with E-state index in [2.05, 4.69) is 10.6 Å². The molecule has 2 saturated heterocycles. The minimum absolute atomic E-state index is 0.000404. The van der Waals surface area contributed by atoms with Crippen molar-refractivity contribution in [3.8, 4) is 0 Å². The standard InChI is InChI=1S/C17H22ClN3O2/c1-21-15(22)10-14(16(21)11-3-2-4-12(18)9-11)17(23)20-13-5-7-19-8-6-13/h2-4,9,13-14,16,19H,5-8,10H2,1H3,(H,20,23). The molecular formula is C17H22ClN3O2. The van der Waals surface area contributed by atoms with Crippen molar-refractivity contribution in [3.05, 3.63) is 34.9 Å². The van der Waals surface area contributed by atoms with Gasteiger partial charge in [-0.1, -0.05) is 23.7 Å². The molecule has 5 nitrogen and oxygen atoms in total. The molecular weight excluding hydrogens is 314 g/mol. The molecule has 1 aromatic rings. The van der Waals surface area contributed by atoms with Gasteiger partial charge in [-0.3, -0.25) is 9.59 Å². The van der Waals surface area contributed by atoms with Crippen molar-refractivity contribution in [1.82, 2.24) is 15.5 Å². The lowest BCUT2D eigenvalue weighted by molar-refractivity contribution is -0.128. The van der Waals surface area contributed by atoms with Crippen LogP contribution < -0.4 is 10.6 Å². The number of likely N-dealkylation sites (tertiary alicyclic amines) is 1. The second kappa shape index (κ2) is 6.89. The third-order valence-corrected chi connectivity index (χ3v) is 5.03. The number of rotatable bonds is 3. The van der Waals surface area contributed by atoms with Crippen LogP contribution in [-0.2, 0) is 9.59 Å². The van der Waals surface area contributed by atoms with E-state index >= 15 is 0 Å². The first-order valence-electron chi connectivity index (χ1n) is 8.08. The molecule has 0 bridgehead atoms. The maximum Gasteiger partial charge on any atom is 0.226 e. The molecule has 0 saturated carbocycles. The number of amides is 2. The van der Waals surface area contributed by atoms with Gasteiger partial charge in [0.05, 0.1) is 12.0 Å². The van der Waals surface area contributed by atoms with Gasteiger partial charge in [0, 0.05) is 24.5 Å². The fraction of sp³-hybridized carbons (Fsp3) is 0.529. The third-order valence-electron chi connectivity index (χ3n) is 4.80. The van der Waals surface area contributed by atoms with Crippen LogP contribution in [0.2, 0.25) is 5.02 Å². The number of benzene rings is 1. The number of carbonyl (C=O) groups excluding carboxylic acids is 2. The van der Waals surface area contributed by atoms with Crippen LogP contribution in [0, 0.1) is 5.92 Å². The SMILES string of the molecule is CN1C(=O)CC(C(=O)NC2CCNCC2)C1c1cccc(Cl)c1. The van der Waals surface area contributed by atoms with Gasteiger partial charge < -0.3 is 15.5 Å². The quantitative estimate of drug-likeness (QED) is 0.884. The Morgan fingerprint density at radius 3 is 2.78 bits per heavy atom. The molecule has 2 N–H and O–H groups in total. The van der Waals surface area contributed by atoms with E-state index in [0.29, 0.717) is 5.02 Å². The van der Waals surface area contributed by atoms with Gasteiger partial charge in [0.15, 0.2) is 0 Å². The number of hydrogen-bond donors (Lipinski definition) is 2. The Balaban J connectivity index is 1.78. The van der Waals surface area contributed by atoms with Crippen molar-refractivity contribution in [2.24, 2.45) is 5.92 Å². The second-order valence-electron chi connectivity index (χ2n) is 6.35. The van der Waals surface area contributed by atoms with Crippen LogP contribution in [-0.4, -0.2) is 42.9 Å². The number of halogens is 1. The van der Waals surface area contributed by atoms with Crippen LogP contribution in [0.5, 0.6) is 0 Å². The largest absolute Gasteiger partial charge is 0.353 e. The van der Waals surface area contributed by atoms with E-state index in [-0.39, 0.29) is 36.2 Å². The summed E-state index contributed by atoms with van der Waals surface area (Å²) in [5, 5.41) is 7.03. The van der Waals surface area contributed by atoms with Crippen molar-refractivity contribution >= 4 is 23.4 Å². The van der Waals surface area contributed by atoms with E-state index < -0.39 is 0 Å². The molecule has 2 aliphatic rings. The summed E-state index contributed by atoms with van der Waals surface area (Å²) in [6, 6.07) is 7.37. The van der Waals surface area contributed by atoms with Crippen LogP contribution in [0.3, 0.4) is 0 Å². The highest BCUT2D eigenvalue weighted by Gasteiger charge is 2.43. The molecule has 23 heavy (non-hydrogen) atoms. The predicted molar refractivity (Wildman–Crippen MR) is 89.1 cm³/mol. The third kappa shape index (κ3) is 3.51. The van der Waals surface area contributed by atoms with E-state index in [1.165, 1.54) is 0 Å². The first-order valence-corrected chi connectivity index (χ1v) is 8.46. The summed E-state index contributed by atoms with van der Waals surface area (Å²) in [5.74, 6) is -0.388. The van der Waals surface area contributed by atoms with E-state index in [1.807, 2.05) is 18.2 Å². The van der Waals surface area contributed by atoms with E-state index in [9.17, 15) is 9.59 Å². The first-order chi connectivity index (χ1) is 11.1. The first kappa shape index (κ1) is 16.3. The van der Waals surface area contributed by atoms with Gasteiger partial charge in [0.25, 0.3) is 0 Å². The summed E-state index contributed by atoms with van der Waals surface area (Å²) in [7, 11) is 1.76. The minimum Gasteiger partial charge on any atom is -0.353 e. The van der Waals surface area contributed by atoms with Gasteiger partial charge in [0.2, 0.25) is 11.8 Å². The Kier molecular flexibility index (Phi) is 4.87. The maximum absolute atomic E-state index is 12.7. The summed E-state index contributed by atoms with van der Waals surface area (Å²) in [5.41, 5.74) is 0.913. The highest BCUT2D eigenvalue weighted by molar-refractivity contribution is 6.30. The maximum atomic E-state index is 12.7. The van der Waals surface area contributed by atoms with Gasteiger partial charge in [0.1, 0.15) is 0 Å². The lowest BCUT2D eigenvalue weighted by Gasteiger charge is -2.28. The average molecular weight is 336 g/mol. The fourth-order valence-corrected chi connectivity index (χ4v) is 3.72. The fourth-order valence-electron chi connectivity index (χ4n) is 3.53. The summed E-state index contributed by atoms with van der Waals surface area (Å²) in [6.45, 7) is 1.85. The van der Waals surface area contributed by atoms with Gasteiger partial charge in [-0.05, 0) is 43.6 Å². The van der Waals surface area contributed by atoms with Gasteiger partial charge in [-0.2, -0.15) is 0 Å². The Morgan fingerprint density at radius 2 is 2.09 bits per heavy atom. The molecule has 1 aromatic carbocycles. The Hall–Kier alpha value is -1.59. The van der Waals surface area contributed by atoms with Crippen molar-refractivity contribution in [2.45, 2.75) is 31.3 Å². The van der Waals surface area contributed by atoms with Crippen molar-refractivity contribution < 1.29 is 9.59 Å². The summed E-state index contributed by atoms with van der Waals surface area (Å²) in [6.07, 6.45) is 2.12. The molecule has 2 heterocycles. The smallest absolute Gasteiger partial charge is 0.226 e. The minimum atomic E-state index is -0.360. The number of nitrogens with one attached hydrogen (secondary N) is 2. The molecule has 2 aliphatic heterocycles. The zero-order valence-electron chi connectivity index (χ0n) is 13.2. The molecule has 2 unspecified atom stereocenters. The Bertz CT molecular complexity index is 601. The van der Waals surface area contributed by atoms with Crippen molar-refractivity contribution in [3.63, 3.8) is 0 Å². The summed E-state index contributed by atoms with van der Waals surface area (Å²) >= 11 is 6.08. The van der Waals surface area contributed by atoms with E-state index in [1.54, 1.807) is 18.0 Å². The monoisotopic (exact) mass is 335 g/mol. The Labute approximate surface area is 141 Å². The lowest BCUT2D eigenvalue weighted by atomic mass is 9.92. The summed E-state index contributed by atoms with van der Waals surface area (Å²) in [4.78, 5) is 26.5. The molecule has 2 atom stereocenters. The predicted octanol–water partition coefficient (Wildman–Crippen LogP) is 1.73. The van der Waals surface area contributed by atoms with Crippen molar-refractivity contribution in [1.29, 1.82) is 0 Å². The van der Waals surface area contributed by atoms with Gasteiger partial charge in [-0.25, -0.2) is 0 Å². The molecule has 0 radical (unpaired) electrons. The second-order valence-corrected chi connectivity index (χ2v) is 6.78. The molecule has 0 aliphatic carbocycles. The summed E-state index contributed by atoms with van der Waals surface area (Å²) < 4.78 is 0. The number of hydrogen-bond acceptors (Lipinski definition) is 3. The number of carbonyl (C=O) groups is 2. The van der Waals surface area contributed by atoms with E-state index in [0.717, 1.165) is 31.5 Å². The zero-order valence-corrected chi connectivity index (χ0v) is 14.0. The van der Waals surface area contributed by atoms with Crippen LogP contribution in [0.25, 0.3) is 0 Å². The normalized spacial score (nSPS) is 25.7. The van der Waals surface area contributed by atoms with Gasteiger partial charge in [-0.15, -0.1) is 0 Å².